The summed E-state index contributed by atoms with van der Waals surface area (Å²) in [6.07, 6.45) is 1.67. The van der Waals surface area contributed by atoms with Crippen molar-refractivity contribution in [3.05, 3.63) is 23.9 Å². The summed E-state index contributed by atoms with van der Waals surface area (Å²) in [5.41, 5.74) is 0.693. The lowest BCUT2D eigenvalue weighted by molar-refractivity contribution is 0.101. The van der Waals surface area contributed by atoms with Crippen LogP contribution in [0.4, 0.5) is 5.82 Å². The number of carbonyl (C=O) groups is 1. The summed E-state index contributed by atoms with van der Waals surface area (Å²) >= 11 is 0. The largest absolute Gasteiger partial charge is 0.383 e. The summed E-state index contributed by atoms with van der Waals surface area (Å²) in [4.78, 5) is 17.8. The van der Waals surface area contributed by atoms with Gasteiger partial charge in [0.1, 0.15) is 5.82 Å². The minimum absolute atomic E-state index is 0.0593. The van der Waals surface area contributed by atoms with E-state index in [4.69, 9.17) is 4.74 Å². The van der Waals surface area contributed by atoms with E-state index in [0.717, 1.165) is 12.4 Å². The Labute approximate surface area is 103 Å². The third kappa shape index (κ3) is 3.82. The zero-order valence-corrected chi connectivity index (χ0v) is 10.9. The van der Waals surface area contributed by atoms with Gasteiger partial charge in [0.15, 0.2) is 5.78 Å². The number of methoxy groups -OCH3 is 1. The van der Waals surface area contributed by atoms with Crippen molar-refractivity contribution < 1.29 is 9.53 Å². The molecule has 0 aliphatic rings. The van der Waals surface area contributed by atoms with Gasteiger partial charge in [-0.25, -0.2) is 4.98 Å². The quantitative estimate of drug-likeness (QED) is 0.710. The zero-order chi connectivity index (χ0) is 12.8. The van der Waals surface area contributed by atoms with E-state index in [1.807, 2.05) is 6.07 Å². The van der Waals surface area contributed by atoms with Crippen LogP contribution in [0.1, 0.15) is 31.1 Å². The predicted molar refractivity (Wildman–Crippen MR) is 68.6 cm³/mol. The third-order valence-electron chi connectivity index (χ3n) is 2.61. The smallest absolute Gasteiger partial charge is 0.159 e. The van der Waals surface area contributed by atoms with Crippen LogP contribution in [-0.2, 0) is 4.74 Å². The highest BCUT2D eigenvalue weighted by Crippen LogP contribution is 2.15. The molecular formula is C13H20N2O2. The van der Waals surface area contributed by atoms with Gasteiger partial charge in [0, 0.05) is 31.5 Å². The number of ether oxygens (including phenoxy) is 1. The predicted octanol–water partition coefficient (Wildman–Crippen LogP) is 2.15. The maximum atomic E-state index is 11.3. The van der Waals surface area contributed by atoms with E-state index in [-0.39, 0.29) is 5.78 Å². The van der Waals surface area contributed by atoms with E-state index in [9.17, 15) is 4.79 Å². The summed E-state index contributed by atoms with van der Waals surface area (Å²) in [6, 6.07) is 3.89. The molecule has 0 N–H and O–H groups in total. The van der Waals surface area contributed by atoms with Gasteiger partial charge in [0.05, 0.1) is 6.61 Å². The van der Waals surface area contributed by atoms with E-state index in [1.54, 1.807) is 26.3 Å². The zero-order valence-electron chi connectivity index (χ0n) is 10.9. The molecule has 0 aliphatic heterocycles. The molecule has 0 amide bonds. The number of anilines is 1. The lowest BCUT2D eigenvalue weighted by atomic mass is 10.2. The van der Waals surface area contributed by atoms with Crippen LogP contribution in [0.25, 0.3) is 0 Å². The first-order valence-electron chi connectivity index (χ1n) is 5.78. The molecule has 17 heavy (non-hydrogen) atoms. The van der Waals surface area contributed by atoms with Crippen molar-refractivity contribution in [2.45, 2.75) is 26.8 Å². The van der Waals surface area contributed by atoms with Crippen LogP contribution in [0.15, 0.2) is 18.3 Å². The number of ketones is 1. The standard InChI is InChI=1S/C13H20N2O2/c1-10(2)15(7-8-17-4)13-9-12(11(3)16)5-6-14-13/h5-6,9-10H,7-8H2,1-4H3. The van der Waals surface area contributed by atoms with E-state index in [1.165, 1.54) is 0 Å². The number of hydrogen-bond acceptors (Lipinski definition) is 4. The van der Waals surface area contributed by atoms with Crippen molar-refractivity contribution in [2.75, 3.05) is 25.2 Å². The Bertz CT molecular complexity index is 377. The van der Waals surface area contributed by atoms with E-state index in [2.05, 4.69) is 23.7 Å². The molecule has 0 bridgehead atoms. The maximum absolute atomic E-state index is 11.3. The highest BCUT2D eigenvalue weighted by molar-refractivity contribution is 5.94. The molecule has 1 heterocycles. The van der Waals surface area contributed by atoms with Crippen LogP contribution in [-0.4, -0.2) is 37.1 Å². The van der Waals surface area contributed by atoms with Crippen molar-refractivity contribution in [3.63, 3.8) is 0 Å². The van der Waals surface area contributed by atoms with Crippen molar-refractivity contribution in [3.8, 4) is 0 Å². The first-order valence-corrected chi connectivity index (χ1v) is 5.78. The minimum Gasteiger partial charge on any atom is -0.383 e. The first kappa shape index (κ1) is 13.6. The fourth-order valence-corrected chi connectivity index (χ4v) is 1.62. The summed E-state index contributed by atoms with van der Waals surface area (Å²) in [6.45, 7) is 7.16. The van der Waals surface area contributed by atoms with Crippen LogP contribution in [0.5, 0.6) is 0 Å². The summed E-state index contributed by atoms with van der Waals surface area (Å²) in [7, 11) is 1.68. The van der Waals surface area contributed by atoms with Gasteiger partial charge < -0.3 is 9.64 Å². The summed E-state index contributed by atoms with van der Waals surface area (Å²) < 4.78 is 5.09. The SMILES string of the molecule is COCCN(c1cc(C(C)=O)ccn1)C(C)C. The van der Waals surface area contributed by atoms with Gasteiger partial charge in [-0.2, -0.15) is 0 Å². The van der Waals surface area contributed by atoms with Crippen molar-refractivity contribution in [1.29, 1.82) is 0 Å². The Morgan fingerprint density at radius 2 is 2.24 bits per heavy atom. The molecule has 0 saturated carbocycles. The fourth-order valence-electron chi connectivity index (χ4n) is 1.62. The second-order valence-electron chi connectivity index (χ2n) is 4.24. The summed E-state index contributed by atoms with van der Waals surface area (Å²) in [5.74, 6) is 0.883. The highest BCUT2D eigenvalue weighted by Gasteiger charge is 2.12. The van der Waals surface area contributed by atoms with Crippen molar-refractivity contribution >= 4 is 11.6 Å². The van der Waals surface area contributed by atoms with Crippen LogP contribution in [0, 0.1) is 0 Å². The molecule has 0 saturated heterocycles. The second-order valence-corrected chi connectivity index (χ2v) is 4.24. The van der Waals surface area contributed by atoms with Gasteiger partial charge in [0.25, 0.3) is 0 Å². The minimum atomic E-state index is 0.0593. The lowest BCUT2D eigenvalue weighted by Crippen LogP contribution is -2.34. The Kier molecular flexibility index (Phi) is 5.10. The van der Waals surface area contributed by atoms with Gasteiger partial charge in [-0.1, -0.05) is 0 Å². The fraction of sp³-hybridized carbons (Fsp3) is 0.538. The number of nitrogens with zero attached hydrogens (tertiary/aromatic N) is 2. The molecule has 0 unspecified atom stereocenters. The molecule has 4 nitrogen and oxygen atoms in total. The van der Waals surface area contributed by atoms with E-state index >= 15 is 0 Å². The Balaban J connectivity index is 2.93. The molecule has 0 atom stereocenters. The molecule has 0 radical (unpaired) electrons. The second kappa shape index (κ2) is 6.35. The molecule has 0 spiro atoms. The van der Waals surface area contributed by atoms with E-state index < -0.39 is 0 Å². The summed E-state index contributed by atoms with van der Waals surface area (Å²) in [5, 5.41) is 0. The van der Waals surface area contributed by atoms with Crippen LogP contribution in [0.3, 0.4) is 0 Å². The average molecular weight is 236 g/mol. The van der Waals surface area contributed by atoms with Gasteiger partial charge >= 0.3 is 0 Å². The molecule has 0 aliphatic carbocycles. The lowest BCUT2D eigenvalue weighted by Gasteiger charge is -2.27. The number of Topliss-reactive ketones (excluding diaryl/α,β-unsaturated/α-hetero) is 1. The topological polar surface area (TPSA) is 42.4 Å². The van der Waals surface area contributed by atoms with Crippen LogP contribution >= 0.6 is 0 Å². The number of pyridine rings is 1. The normalized spacial score (nSPS) is 10.6. The highest BCUT2D eigenvalue weighted by atomic mass is 16.5. The molecule has 94 valence electrons. The van der Waals surface area contributed by atoms with Crippen LogP contribution < -0.4 is 4.90 Å². The molecule has 0 aromatic carbocycles. The molecular weight excluding hydrogens is 216 g/mol. The van der Waals surface area contributed by atoms with Gasteiger partial charge in [0.2, 0.25) is 0 Å². The monoisotopic (exact) mass is 236 g/mol. The Hall–Kier alpha value is -1.42. The third-order valence-corrected chi connectivity index (χ3v) is 2.61. The number of aromatic nitrogens is 1. The van der Waals surface area contributed by atoms with Gasteiger partial charge in [-0.15, -0.1) is 0 Å². The molecule has 1 rings (SSSR count). The first-order chi connectivity index (χ1) is 8.06. The van der Waals surface area contributed by atoms with Gasteiger partial charge in [-0.3, -0.25) is 4.79 Å². The molecule has 1 aromatic rings. The molecule has 4 heteroatoms. The Morgan fingerprint density at radius 1 is 1.53 bits per heavy atom. The molecule has 1 aromatic heterocycles. The number of hydrogen-bond donors (Lipinski definition) is 0. The van der Waals surface area contributed by atoms with E-state index in [0.29, 0.717) is 18.2 Å². The maximum Gasteiger partial charge on any atom is 0.159 e. The molecule has 0 fully saturated rings. The van der Waals surface area contributed by atoms with Crippen molar-refractivity contribution in [1.82, 2.24) is 4.98 Å². The van der Waals surface area contributed by atoms with Gasteiger partial charge in [-0.05, 0) is 32.9 Å². The number of rotatable bonds is 6. The van der Waals surface area contributed by atoms with Crippen molar-refractivity contribution in [2.24, 2.45) is 0 Å². The number of carbonyl (C=O) groups excluding carboxylic acids is 1. The Morgan fingerprint density at radius 3 is 2.76 bits per heavy atom. The average Bonchev–Trinajstić information content (AvgIpc) is 2.29. The van der Waals surface area contributed by atoms with Crippen LogP contribution in [0.2, 0.25) is 0 Å².